The van der Waals surface area contributed by atoms with Gasteiger partial charge in [-0.2, -0.15) is 8.78 Å². The topological polar surface area (TPSA) is 64.8 Å². The first kappa shape index (κ1) is 19.4. The molecule has 0 aromatic heterocycles. The average molecular weight is 351 g/mol. The molecule has 1 aliphatic heterocycles. The van der Waals surface area contributed by atoms with Crippen molar-refractivity contribution in [3.63, 3.8) is 0 Å². The molecule has 0 radical (unpaired) electrons. The second-order valence-corrected chi connectivity index (χ2v) is 5.39. The van der Waals surface area contributed by atoms with Gasteiger partial charge in [0.1, 0.15) is 0 Å². The van der Waals surface area contributed by atoms with Crippen LogP contribution in [0.1, 0.15) is 23.7 Å². The third kappa shape index (κ3) is 4.45. The fourth-order valence-electron chi connectivity index (χ4n) is 2.76. The molecule has 1 fully saturated rings. The lowest BCUT2D eigenvalue weighted by atomic mass is 10.1. The van der Waals surface area contributed by atoms with E-state index in [1.165, 1.54) is 19.2 Å². The van der Waals surface area contributed by atoms with Crippen LogP contribution in [-0.4, -0.2) is 43.7 Å². The molecule has 1 saturated heterocycles. The summed E-state index contributed by atoms with van der Waals surface area (Å²) in [5.74, 6) is 0.0657. The summed E-state index contributed by atoms with van der Waals surface area (Å²) in [6.45, 7) is 0.0733. The predicted octanol–water partition coefficient (Wildman–Crippen LogP) is 2.53. The van der Waals surface area contributed by atoms with Crippen LogP contribution in [0.4, 0.5) is 8.78 Å². The molecule has 0 bridgehead atoms. The number of carbonyl (C=O) groups is 1. The molecule has 8 heteroatoms. The highest BCUT2D eigenvalue weighted by atomic mass is 35.5. The molecule has 0 spiro atoms. The number of hydrogen-bond donors (Lipinski definition) is 1. The number of hydrogen-bond acceptors (Lipinski definition) is 4. The lowest BCUT2D eigenvalue weighted by molar-refractivity contribution is -0.0512. The van der Waals surface area contributed by atoms with Crippen LogP contribution in [0.25, 0.3) is 0 Å². The third-order valence-electron chi connectivity index (χ3n) is 3.88. The number of methoxy groups -OCH3 is 1. The molecule has 5 nitrogen and oxygen atoms in total. The highest BCUT2D eigenvalue weighted by Gasteiger charge is 2.32. The quantitative estimate of drug-likeness (QED) is 0.886. The Kier molecular flexibility index (Phi) is 7.02. The minimum absolute atomic E-state index is 0. The Bertz CT molecular complexity index is 545. The molecule has 1 aliphatic rings. The molecule has 1 heterocycles. The molecule has 130 valence electrons. The van der Waals surface area contributed by atoms with Crippen LogP contribution in [0.2, 0.25) is 0 Å². The molecule has 23 heavy (non-hydrogen) atoms. The smallest absolute Gasteiger partial charge is 0.387 e. The third-order valence-corrected chi connectivity index (χ3v) is 3.88. The summed E-state index contributed by atoms with van der Waals surface area (Å²) in [6.07, 6.45) is 0.846. The lowest BCUT2D eigenvalue weighted by Gasteiger charge is -2.22. The van der Waals surface area contributed by atoms with E-state index in [4.69, 9.17) is 10.5 Å². The van der Waals surface area contributed by atoms with Gasteiger partial charge in [0.05, 0.1) is 7.11 Å². The van der Waals surface area contributed by atoms with Gasteiger partial charge in [0, 0.05) is 18.2 Å². The largest absolute Gasteiger partial charge is 0.493 e. The van der Waals surface area contributed by atoms with Crippen LogP contribution < -0.4 is 15.2 Å². The van der Waals surface area contributed by atoms with Gasteiger partial charge in [-0.05, 0) is 44.0 Å². The maximum Gasteiger partial charge on any atom is 0.387 e. The van der Waals surface area contributed by atoms with Crippen molar-refractivity contribution < 1.29 is 23.0 Å². The maximum atomic E-state index is 12.6. The van der Waals surface area contributed by atoms with Gasteiger partial charge < -0.3 is 20.1 Å². The van der Waals surface area contributed by atoms with Crippen molar-refractivity contribution in [2.24, 2.45) is 11.7 Å². The van der Waals surface area contributed by atoms with Gasteiger partial charge in [-0.1, -0.05) is 0 Å². The molecule has 1 aromatic rings. The van der Waals surface area contributed by atoms with E-state index >= 15 is 0 Å². The molecule has 1 amide bonds. The summed E-state index contributed by atoms with van der Waals surface area (Å²) in [5.41, 5.74) is 5.95. The van der Waals surface area contributed by atoms with Crippen LogP contribution in [0.15, 0.2) is 18.2 Å². The summed E-state index contributed by atoms with van der Waals surface area (Å²) >= 11 is 0. The SMILES string of the molecule is COc1ccc(C(=O)N2CC(CN)CC2C)cc1OC(F)F.Cl. The van der Waals surface area contributed by atoms with Crippen LogP contribution in [0, 0.1) is 5.92 Å². The number of nitrogens with two attached hydrogens (primary N) is 1. The Morgan fingerprint density at radius 1 is 1.43 bits per heavy atom. The highest BCUT2D eigenvalue weighted by Crippen LogP contribution is 2.31. The van der Waals surface area contributed by atoms with Gasteiger partial charge in [0.15, 0.2) is 11.5 Å². The van der Waals surface area contributed by atoms with E-state index in [0.29, 0.717) is 18.7 Å². The first-order valence-corrected chi connectivity index (χ1v) is 7.10. The van der Waals surface area contributed by atoms with Crippen molar-refractivity contribution in [2.45, 2.75) is 26.0 Å². The number of alkyl halides is 2. The molecule has 0 aliphatic carbocycles. The fraction of sp³-hybridized carbons (Fsp3) is 0.533. The molecule has 0 saturated carbocycles. The van der Waals surface area contributed by atoms with Crippen molar-refractivity contribution in [1.82, 2.24) is 4.90 Å². The van der Waals surface area contributed by atoms with Gasteiger partial charge in [0.2, 0.25) is 0 Å². The second kappa shape index (κ2) is 8.31. The lowest BCUT2D eigenvalue weighted by Crippen LogP contribution is -2.34. The Balaban J connectivity index is 0.00000264. The van der Waals surface area contributed by atoms with Crippen LogP contribution in [-0.2, 0) is 0 Å². The normalized spacial score (nSPS) is 20.3. The highest BCUT2D eigenvalue weighted by molar-refractivity contribution is 5.95. The first-order chi connectivity index (χ1) is 10.5. The summed E-state index contributed by atoms with van der Waals surface area (Å²) in [7, 11) is 1.35. The predicted molar refractivity (Wildman–Crippen MR) is 84.5 cm³/mol. The minimum Gasteiger partial charge on any atom is -0.493 e. The van der Waals surface area contributed by atoms with Crippen molar-refractivity contribution >= 4 is 18.3 Å². The van der Waals surface area contributed by atoms with E-state index in [2.05, 4.69) is 4.74 Å². The van der Waals surface area contributed by atoms with Crippen LogP contribution in [0.3, 0.4) is 0 Å². The van der Waals surface area contributed by atoms with E-state index in [1.807, 2.05) is 6.92 Å². The zero-order valence-electron chi connectivity index (χ0n) is 13.0. The number of rotatable bonds is 5. The Morgan fingerprint density at radius 2 is 2.13 bits per heavy atom. The van der Waals surface area contributed by atoms with Gasteiger partial charge >= 0.3 is 6.61 Å². The van der Waals surface area contributed by atoms with Gasteiger partial charge in [0.25, 0.3) is 5.91 Å². The molecule has 2 unspecified atom stereocenters. The van der Waals surface area contributed by atoms with E-state index in [1.54, 1.807) is 11.0 Å². The van der Waals surface area contributed by atoms with Crippen molar-refractivity contribution in [3.05, 3.63) is 23.8 Å². The molecular weight excluding hydrogens is 330 g/mol. The average Bonchev–Trinajstić information content (AvgIpc) is 2.87. The zero-order valence-corrected chi connectivity index (χ0v) is 13.8. The molecule has 2 N–H and O–H groups in total. The Morgan fingerprint density at radius 3 is 2.65 bits per heavy atom. The van der Waals surface area contributed by atoms with Gasteiger partial charge in [-0.25, -0.2) is 0 Å². The summed E-state index contributed by atoms with van der Waals surface area (Å²) in [5, 5.41) is 0. The molecule has 1 aromatic carbocycles. The number of ether oxygens (including phenoxy) is 2. The van der Waals surface area contributed by atoms with E-state index in [9.17, 15) is 13.6 Å². The number of nitrogens with zero attached hydrogens (tertiary/aromatic N) is 1. The van der Waals surface area contributed by atoms with Crippen molar-refractivity contribution in [2.75, 3.05) is 20.2 Å². The summed E-state index contributed by atoms with van der Waals surface area (Å²) in [6, 6.07) is 4.35. The van der Waals surface area contributed by atoms with E-state index in [-0.39, 0.29) is 41.8 Å². The molecular formula is C15H21ClF2N2O3. The van der Waals surface area contributed by atoms with Crippen LogP contribution >= 0.6 is 12.4 Å². The molecule has 2 atom stereocenters. The van der Waals surface area contributed by atoms with Gasteiger partial charge in [-0.15, -0.1) is 12.4 Å². The Labute approximate surface area is 140 Å². The molecule has 2 rings (SSSR count). The first-order valence-electron chi connectivity index (χ1n) is 7.10. The Hall–Kier alpha value is -1.60. The van der Waals surface area contributed by atoms with E-state index < -0.39 is 6.61 Å². The summed E-state index contributed by atoms with van der Waals surface area (Å²) in [4.78, 5) is 14.3. The van der Waals surface area contributed by atoms with Gasteiger partial charge in [-0.3, -0.25) is 4.79 Å². The van der Waals surface area contributed by atoms with Crippen molar-refractivity contribution in [1.29, 1.82) is 0 Å². The van der Waals surface area contributed by atoms with Crippen molar-refractivity contribution in [3.8, 4) is 11.5 Å². The number of carbonyl (C=O) groups excluding carboxylic acids is 1. The summed E-state index contributed by atoms with van der Waals surface area (Å²) < 4.78 is 34.3. The second-order valence-electron chi connectivity index (χ2n) is 5.39. The number of halogens is 3. The standard InChI is InChI=1S/C15H20F2N2O3.ClH/c1-9-5-10(7-18)8-19(9)14(20)11-3-4-12(21-2)13(6-11)22-15(16)17;/h3-4,6,9-10,15H,5,7-8,18H2,1-2H3;1H. The maximum absolute atomic E-state index is 12.6. The minimum atomic E-state index is -2.98. The fourth-order valence-corrected chi connectivity index (χ4v) is 2.76. The number of benzene rings is 1. The number of amides is 1. The zero-order chi connectivity index (χ0) is 16.3. The number of likely N-dealkylation sites (tertiary alicyclic amines) is 1. The van der Waals surface area contributed by atoms with Crippen LogP contribution in [0.5, 0.6) is 11.5 Å². The van der Waals surface area contributed by atoms with E-state index in [0.717, 1.165) is 6.42 Å². The monoisotopic (exact) mass is 350 g/mol.